The first-order valence-electron chi connectivity index (χ1n) is 6.56. The molecule has 0 bridgehead atoms. The molecule has 1 aromatic rings. The third kappa shape index (κ3) is 2.90. The Labute approximate surface area is 109 Å². The van der Waals surface area contributed by atoms with Crippen LogP contribution in [0.1, 0.15) is 19.8 Å². The van der Waals surface area contributed by atoms with Crippen LogP contribution < -0.4 is 9.64 Å². The van der Waals surface area contributed by atoms with Crippen LogP contribution in [0.5, 0.6) is 6.01 Å². The Balaban J connectivity index is 1.96. The lowest BCUT2D eigenvalue weighted by Gasteiger charge is -2.36. The molecule has 1 aliphatic heterocycles. The van der Waals surface area contributed by atoms with Crippen LogP contribution in [0.25, 0.3) is 0 Å². The zero-order valence-corrected chi connectivity index (χ0v) is 11.5. The molecule has 0 atom stereocenters. The van der Waals surface area contributed by atoms with Crippen LogP contribution in [-0.4, -0.2) is 54.7 Å². The van der Waals surface area contributed by atoms with Crippen LogP contribution >= 0.6 is 0 Å². The highest BCUT2D eigenvalue weighted by molar-refractivity contribution is 5.38. The maximum absolute atomic E-state index is 5.07. The minimum Gasteiger partial charge on any atom is -0.467 e. The molecule has 2 heterocycles. The number of rotatable bonds is 4. The smallest absolute Gasteiger partial charge is 0.318 e. The van der Waals surface area contributed by atoms with E-state index in [9.17, 15) is 0 Å². The van der Waals surface area contributed by atoms with Crippen LogP contribution in [-0.2, 0) is 0 Å². The number of piperidine rings is 1. The summed E-state index contributed by atoms with van der Waals surface area (Å²) in [6.45, 7) is 5.43. The Morgan fingerprint density at radius 3 is 2.78 bits per heavy atom. The Morgan fingerprint density at radius 2 is 2.17 bits per heavy atom. The summed E-state index contributed by atoms with van der Waals surface area (Å²) in [6.07, 6.45) is 4.14. The molecule has 0 amide bonds. The van der Waals surface area contributed by atoms with Gasteiger partial charge in [0.05, 0.1) is 7.11 Å². The molecule has 1 fully saturated rings. The lowest BCUT2D eigenvalue weighted by Crippen LogP contribution is -2.43. The molecule has 1 aliphatic rings. The highest BCUT2D eigenvalue weighted by Gasteiger charge is 2.22. The van der Waals surface area contributed by atoms with E-state index in [1.54, 1.807) is 13.3 Å². The molecule has 1 aromatic heterocycles. The summed E-state index contributed by atoms with van der Waals surface area (Å²) < 4.78 is 5.07. The van der Waals surface area contributed by atoms with Gasteiger partial charge in [-0.3, -0.25) is 0 Å². The van der Waals surface area contributed by atoms with Gasteiger partial charge >= 0.3 is 6.01 Å². The van der Waals surface area contributed by atoms with Crippen LogP contribution in [0.2, 0.25) is 0 Å². The van der Waals surface area contributed by atoms with Crippen molar-refractivity contribution in [2.24, 2.45) is 0 Å². The minimum absolute atomic E-state index is 0.445. The van der Waals surface area contributed by atoms with Crippen molar-refractivity contribution in [1.29, 1.82) is 0 Å². The molecule has 5 nitrogen and oxygen atoms in total. The van der Waals surface area contributed by atoms with E-state index >= 15 is 0 Å². The van der Waals surface area contributed by atoms with Crippen molar-refractivity contribution in [3.63, 3.8) is 0 Å². The number of hydrogen-bond acceptors (Lipinski definition) is 5. The van der Waals surface area contributed by atoms with Crippen molar-refractivity contribution >= 4 is 5.82 Å². The van der Waals surface area contributed by atoms with Crippen LogP contribution in [0.15, 0.2) is 12.3 Å². The molecule has 18 heavy (non-hydrogen) atoms. The SMILES string of the molecule is CCN(C)C1CCN(c2ccnc(OC)n2)CC1. The second kappa shape index (κ2) is 6.00. The fourth-order valence-electron chi connectivity index (χ4n) is 2.40. The van der Waals surface area contributed by atoms with E-state index in [1.165, 1.54) is 12.8 Å². The van der Waals surface area contributed by atoms with Crippen molar-refractivity contribution < 1.29 is 4.74 Å². The molecular weight excluding hydrogens is 228 g/mol. The van der Waals surface area contributed by atoms with Gasteiger partial charge in [-0.1, -0.05) is 6.92 Å². The summed E-state index contributed by atoms with van der Waals surface area (Å²) in [5.41, 5.74) is 0. The van der Waals surface area contributed by atoms with Crippen LogP contribution in [0, 0.1) is 0 Å². The number of anilines is 1. The van der Waals surface area contributed by atoms with Crippen molar-refractivity contribution in [2.75, 3.05) is 38.7 Å². The van der Waals surface area contributed by atoms with Gasteiger partial charge in [0, 0.05) is 25.3 Å². The van der Waals surface area contributed by atoms with Gasteiger partial charge in [0.1, 0.15) is 5.82 Å². The summed E-state index contributed by atoms with van der Waals surface area (Å²) >= 11 is 0. The fourth-order valence-corrected chi connectivity index (χ4v) is 2.40. The number of nitrogens with zero attached hydrogens (tertiary/aromatic N) is 4. The summed E-state index contributed by atoms with van der Waals surface area (Å²) in [6, 6.07) is 3.10. The lowest BCUT2D eigenvalue weighted by molar-refractivity contribution is 0.217. The molecule has 100 valence electrons. The predicted octanol–water partition coefficient (Wildman–Crippen LogP) is 1.41. The summed E-state index contributed by atoms with van der Waals surface area (Å²) in [5, 5.41) is 0. The van der Waals surface area contributed by atoms with E-state index in [0.717, 1.165) is 25.5 Å². The van der Waals surface area contributed by atoms with Gasteiger partial charge in [-0.05, 0) is 32.5 Å². The zero-order valence-electron chi connectivity index (χ0n) is 11.5. The molecular formula is C13H22N4O. The van der Waals surface area contributed by atoms with Crippen molar-refractivity contribution in [1.82, 2.24) is 14.9 Å². The normalized spacial score (nSPS) is 17.2. The molecule has 0 saturated carbocycles. The summed E-state index contributed by atoms with van der Waals surface area (Å²) in [5.74, 6) is 0.972. The van der Waals surface area contributed by atoms with E-state index in [-0.39, 0.29) is 0 Å². The summed E-state index contributed by atoms with van der Waals surface area (Å²) in [7, 11) is 3.80. The maximum atomic E-state index is 5.07. The topological polar surface area (TPSA) is 41.5 Å². The number of hydrogen-bond donors (Lipinski definition) is 0. The monoisotopic (exact) mass is 250 g/mol. The second-order valence-corrected chi connectivity index (χ2v) is 4.69. The third-order valence-corrected chi connectivity index (χ3v) is 3.71. The first kappa shape index (κ1) is 13.1. The fraction of sp³-hybridized carbons (Fsp3) is 0.692. The van der Waals surface area contributed by atoms with E-state index in [4.69, 9.17) is 4.74 Å². The molecule has 0 radical (unpaired) electrons. The lowest BCUT2D eigenvalue weighted by atomic mass is 10.0. The van der Waals surface area contributed by atoms with Gasteiger partial charge in [-0.2, -0.15) is 4.98 Å². The Kier molecular flexibility index (Phi) is 4.36. The average molecular weight is 250 g/mol. The minimum atomic E-state index is 0.445. The predicted molar refractivity (Wildman–Crippen MR) is 72.1 cm³/mol. The maximum Gasteiger partial charge on any atom is 0.318 e. The molecule has 1 saturated heterocycles. The molecule has 0 aromatic carbocycles. The highest BCUT2D eigenvalue weighted by Crippen LogP contribution is 2.21. The van der Waals surface area contributed by atoms with E-state index < -0.39 is 0 Å². The average Bonchev–Trinajstić information content (AvgIpc) is 2.46. The first-order valence-corrected chi connectivity index (χ1v) is 6.56. The first-order chi connectivity index (χ1) is 8.74. The number of aromatic nitrogens is 2. The largest absolute Gasteiger partial charge is 0.467 e. The second-order valence-electron chi connectivity index (χ2n) is 4.69. The molecule has 2 rings (SSSR count). The molecule has 0 N–H and O–H groups in total. The van der Waals surface area contributed by atoms with Gasteiger partial charge in [0.2, 0.25) is 0 Å². The number of ether oxygens (including phenoxy) is 1. The Hall–Kier alpha value is -1.36. The van der Waals surface area contributed by atoms with Crippen LogP contribution in [0.3, 0.4) is 0 Å². The Morgan fingerprint density at radius 1 is 1.44 bits per heavy atom. The number of methoxy groups -OCH3 is 1. The van der Waals surface area contributed by atoms with Crippen molar-refractivity contribution in [2.45, 2.75) is 25.8 Å². The summed E-state index contributed by atoms with van der Waals surface area (Å²) in [4.78, 5) is 13.2. The van der Waals surface area contributed by atoms with Gasteiger partial charge in [0.15, 0.2) is 0 Å². The van der Waals surface area contributed by atoms with Gasteiger partial charge in [0.25, 0.3) is 0 Å². The molecule has 5 heteroatoms. The van der Waals surface area contributed by atoms with E-state index in [2.05, 4.69) is 33.7 Å². The highest BCUT2D eigenvalue weighted by atomic mass is 16.5. The molecule has 0 spiro atoms. The van der Waals surface area contributed by atoms with Gasteiger partial charge in [-0.15, -0.1) is 0 Å². The molecule has 0 unspecified atom stereocenters. The zero-order chi connectivity index (χ0) is 13.0. The molecule has 0 aliphatic carbocycles. The van der Waals surface area contributed by atoms with Gasteiger partial charge in [-0.25, -0.2) is 4.98 Å². The van der Waals surface area contributed by atoms with E-state index in [0.29, 0.717) is 12.1 Å². The standard InChI is InChI=1S/C13H22N4O/c1-4-16(2)11-6-9-17(10-7-11)12-5-8-14-13(15-12)18-3/h5,8,11H,4,6-7,9-10H2,1-3H3. The van der Waals surface area contributed by atoms with Gasteiger partial charge < -0.3 is 14.5 Å². The van der Waals surface area contributed by atoms with Crippen LogP contribution in [0.4, 0.5) is 5.82 Å². The quantitative estimate of drug-likeness (QED) is 0.808. The van der Waals surface area contributed by atoms with Crippen molar-refractivity contribution in [3.8, 4) is 6.01 Å². The Bertz CT molecular complexity index is 377. The van der Waals surface area contributed by atoms with Crippen molar-refractivity contribution in [3.05, 3.63) is 12.3 Å². The van der Waals surface area contributed by atoms with E-state index in [1.807, 2.05) is 6.07 Å². The third-order valence-electron chi connectivity index (χ3n) is 3.71.